The van der Waals surface area contributed by atoms with Crippen LogP contribution in [0.4, 0.5) is 5.69 Å². The van der Waals surface area contributed by atoms with E-state index in [9.17, 15) is 13.2 Å². The van der Waals surface area contributed by atoms with Crippen molar-refractivity contribution in [3.05, 3.63) is 53.9 Å². The van der Waals surface area contributed by atoms with Crippen LogP contribution in [0, 0.1) is 0 Å². The second kappa shape index (κ2) is 8.49. The summed E-state index contributed by atoms with van der Waals surface area (Å²) < 4.78 is 22.5. The lowest BCUT2D eigenvalue weighted by molar-refractivity contribution is 0.0933. The third-order valence-corrected chi connectivity index (χ3v) is 5.61. The average molecular weight is 388 g/mol. The topological polar surface area (TPSA) is 114 Å². The second-order valence-electron chi connectivity index (χ2n) is 6.75. The number of carbonyl (C=O) groups is 1. The van der Waals surface area contributed by atoms with E-state index in [-0.39, 0.29) is 16.8 Å². The molecule has 1 amide bonds. The zero-order valence-electron chi connectivity index (χ0n) is 15.0. The lowest BCUT2D eigenvalue weighted by atomic mass is 10.1. The molecular weight excluding hydrogens is 364 g/mol. The minimum atomic E-state index is -3.67. The highest BCUT2D eigenvalue weighted by molar-refractivity contribution is 7.89. The normalized spacial score (nSPS) is 14.9. The number of hydrogen-bond acceptors (Lipinski definition) is 5. The summed E-state index contributed by atoms with van der Waals surface area (Å²) >= 11 is 0. The first-order valence-corrected chi connectivity index (χ1v) is 10.6. The molecule has 4 N–H and O–H groups in total. The number of anilines is 1. The van der Waals surface area contributed by atoms with E-state index in [2.05, 4.69) is 15.6 Å². The van der Waals surface area contributed by atoms with E-state index in [1.165, 1.54) is 12.1 Å². The first-order chi connectivity index (χ1) is 12.9. The van der Waals surface area contributed by atoms with Crippen LogP contribution < -0.4 is 15.8 Å². The maximum Gasteiger partial charge on any atom is 0.270 e. The third-order valence-electron chi connectivity index (χ3n) is 4.68. The molecule has 0 saturated heterocycles. The first-order valence-electron chi connectivity index (χ1n) is 9.04. The van der Waals surface area contributed by atoms with E-state index in [0.717, 1.165) is 36.9 Å². The van der Waals surface area contributed by atoms with Crippen molar-refractivity contribution in [3.8, 4) is 0 Å². The molecule has 27 heavy (non-hydrogen) atoms. The number of rotatable bonds is 7. The van der Waals surface area contributed by atoms with Gasteiger partial charge in [-0.2, -0.15) is 0 Å². The van der Waals surface area contributed by atoms with Crippen LogP contribution in [0.15, 0.2) is 47.5 Å². The number of sulfonamides is 1. The summed E-state index contributed by atoms with van der Waals surface area (Å²) in [7, 11) is -3.67. The lowest BCUT2D eigenvalue weighted by Crippen LogP contribution is -2.33. The van der Waals surface area contributed by atoms with Crippen molar-refractivity contribution in [2.45, 2.75) is 43.0 Å². The van der Waals surface area contributed by atoms with Gasteiger partial charge in [-0.25, -0.2) is 13.6 Å². The fourth-order valence-corrected chi connectivity index (χ4v) is 3.71. The van der Waals surface area contributed by atoms with Crippen LogP contribution in [0.25, 0.3) is 0 Å². The molecule has 7 nitrogen and oxygen atoms in total. The van der Waals surface area contributed by atoms with Crippen LogP contribution >= 0.6 is 0 Å². The molecule has 1 heterocycles. The van der Waals surface area contributed by atoms with E-state index >= 15 is 0 Å². The predicted octanol–water partition coefficient (Wildman–Crippen LogP) is 2.06. The minimum Gasteiger partial charge on any atom is -0.385 e. The zero-order chi connectivity index (χ0) is 19.3. The standard InChI is InChI=1S/C19H24N4O3S/c20-27(25,26)17-7-5-14(6-8-17)9-11-21-16-10-12-22-18(13-16)19(24)23-15-3-1-2-4-15/h5-8,10,12-13,15H,1-4,9,11H2,(H,21,22)(H,23,24)(H2,20,25,26). The predicted molar refractivity (Wildman–Crippen MR) is 104 cm³/mol. The van der Waals surface area contributed by atoms with E-state index in [1.807, 2.05) is 6.07 Å². The summed E-state index contributed by atoms with van der Waals surface area (Å²) in [5.41, 5.74) is 2.22. The number of primary sulfonamides is 1. The summed E-state index contributed by atoms with van der Waals surface area (Å²) in [4.78, 5) is 16.6. The van der Waals surface area contributed by atoms with Crippen LogP contribution in [-0.2, 0) is 16.4 Å². The number of hydrogen-bond donors (Lipinski definition) is 3. The molecule has 0 bridgehead atoms. The van der Waals surface area contributed by atoms with Gasteiger partial charge in [0.05, 0.1) is 4.90 Å². The van der Waals surface area contributed by atoms with Gasteiger partial charge in [0, 0.05) is 24.5 Å². The highest BCUT2D eigenvalue weighted by Gasteiger charge is 2.18. The molecule has 0 unspecified atom stereocenters. The highest BCUT2D eigenvalue weighted by Crippen LogP contribution is 2.18. The van der Waals surface area contributed by atoms with Gasteiger partial charge >= 0.3 is 0 Å². The number of aromatic nitrogens is 1. The minimum absolute atomic E-state index is 0.103. The quantitative estimate of drug-likeness (QED) is 0.672. The fourth-order valence-electron chi connectivity index (χ4n) is 3.19. The summed E-state index contributed by atoms with van der Waals surface area (Å²) in [6.45, 7) is 0.641. The summed E-state index contributed by atoms with van der Waals surface area (Å²) in [6, 6.07) is 10.3. The molecule has 3 rings (SSSR count). The van der Waals surface area contributed by atoms with E-state index in [1.54, 1.807) is 24.4 Å². The molecular formula is C19H24N4O3S. The van der Waals surface area contributed by atoms with Gasteiger partial charge in [0.1, 0.15) is 5.69 Å². The third kappa shape index (κ3) is 5.51. The summed E-state index contributed by atoms with van der Waals surface area (Å²) in [6.07, 6.45) is 6.72. The number of amides is 1. The van der Waals surface area contributed by atoms with Crippen LogP contribution in [0.1, 0.15) is 41.7 Å². The fraction of sp³-hybridized carbons (Fsp3) is 0.368. The Labute approximate surface area is 159 Å². The number of benzene rings is 1. The Balaban J connectivity index is 1.53. The van der Waals surface area contributed by atoms with Gasteiger partial charge in [0.15, 0.2) is 0 Å². The van der Waals surface area contributed by atoms with Gasteiger partial charge in [-0.05, 0) is 49.1 Å². The number of nitrogens with two attached hydrogens (primary N) is 1. The van der Waals surface area contributed by atoms with Crippen molar-refractivity contribution >= 4 is 21.6 Å². The van der Waals surface area contributed by atoms with Gasteiger partial charge in [-0.1, -0.05) is 25.0 Å². The van der Waals surface area contributed by atoms with Gasteiger partial charge in [-0.3, -0.25) is 9.78 Å². The Hall–Kier alpha value is -2.45. The number of pyridine rings is 1. The molecule has 0 spiro atoms. The van der Waals surface area contributed by atoms with Gasteiger partial charge in [-0.15, -0.1) is 0 Å². The largest absolute Gasteiger partial charge is 0.385 e. The molecule has 1 aromatic carbocycles. The Kier molecular flexibility index (Phi) is 6.08. The van der Waals surface area contributed by atoms with Gasteiger partial charge < -0.3 is 10.6 Å². The maximum atomic E-state index is 12.3. The van der Waals surface area contributed by atoms with Gasteiger partial charge in [0.2, 0.25) is 10.0 Å². The smallest absolute Gasteiger partial charge is 0.270 e. The van der Waals surface area contributed by atoms with E-state index in [0.29, 0.717) is 18.7 Å². The number of carbonyl (C=O) groups excluding carboxylic acids is 1. The Morgan fingerprint density at radius 2 is 1.85 bits per heavy atom. The van der Waals surface area contributed by atoms with Crippen LogP contribution in [0.5, 0.6) is 0 Å². The van der Waals surface area contributed by atoms with E-state index in [4.69, 9.17) is 5.14 Å². The highest BCUT2D eigenvalue weighted by atomic mass is 32.2. The lowest BCUT2D eigenvalue weighted by Gasteiger charge is -2.12. The molecule has 1 aliphatic carbocycles. The molecule has 144 valence electrons. The molecule has 2 aromatic rings. The monoisotopic (exact) mass is 388 g/mol. The van der Waals surface area contributed by atoms with Crippen molar-refractivity contribution in [3.63, 3.8) is 0 Å². The number of nitrogens with one attached hydrogen (secondary N) is 2. The SMILES string of the molecule is NS(=O)(=O)c1ccc(CCNc2ccnc(C(=O)NC3CCCC3)c2)cc1. The van der Waals surface area contributed by atoms with Crippen molar-refractivity contribution in [2.24, 2.45) is 5.14 Å². The summed E-state index contributed by atoms with van der Waals surface area (Å²) in [5.74, 6) is -0.135. The first kappa shape index (κ1) is 19.3. The molecule has 0 atom stereocenters. The van der Waals surface area contributed by atoms with Gasteiger partial charge in [0.25, 0.3) is 5.91 Å². The Morgan fingerprint density at radius 3 is 2.52 bits per heavy atom. The van der Waals surface area contributed by atoms with Crippen LogP contribution in [0.2, 0.25) is 0 Å². The van der Waals surface area contributed by atoms with Crippen molar-refractivity contribution in [2.75, 3.05) is 11.9 Å². The maximum absolute atomic E-state index is 12.3. The van der Waals surface area contributed by atoms with Crippen molar-refractivity contribution < 1.29 is 13.2 Å². The molecule has 0 radical (unpaired) electrons. The van der Waals surface area contributed by atoms with Crippen LogP contribution in [0.3, 0.4) is 0 Å². The molecule has 1 aromatic heterocycles. The van der Waals surface area contributed by atoms with Crippen molar-refractivity contribution in [1.29, 1.82) is 0 Å². The van der Waals surface area contributed by atoms with Crippen LogP contribution in [-0.4, -0.2) is 31.9 Å². The number of nitrogens with zero attached hydrogens (tertiary/aromatic N) is 1. The molecule has 8 heteroatoms. The Morgan fingerprint density at radius 1 is 1.15 bits per heavy atom. The molecule has 1 aliphatic rings. The second-order valence-corrected chi connectivity index (χ2v) is 8.31. The molecule has 1 saturated carbocycles. The zero-order valence-corrected chi connectivity index (χ0v) is 15.8. The summed E-state index contributed by atoms with van der Waals surface area (Å²) in [5, 5.41) is 11.4. The Bertz CT molecular complexity index is 891. The molecule has 1 fully saturated rings. The van der Waals surface area contributed by atoms with E-state index < -0.39 is 10.0 Å². The average Bonchev–Trinajstić information content (AvgIpc) is 3.15. The molecule has 0 aliphatic heterocycles. The van der Waals surface area contributed by atoms with Crippen molar-refractivity contribution in [1.82, 2.24) is 10.3 Å².